The Bertz CT molecular complexity index is 281. The molecule has 0 radical (unpaired) electrons. The summed E-state index contributed by atoms with van der Waals surface area (Å²) in [7, 11) is 1.90. The lowest BCUT2D eigenvalue weighted by Crippen LogP contribution is -2.06. The molecule has 12 heavy (non-hydrogen) atoms. The molecular weight excluding hydrogens is 220 g/mol. The summed E-state index contributed by atoms with van der Waals surface area (Å²) in [4.78, 5) is 0. The Balaban J connectivity index is 2.93. The van der Waals surface area contributed by atoms with E-state index in [1.165, 1.54) is 0 Å². The maximum absolute atomic E-state index is 5.47. The van der Waals surface area contributed by atoms with Crippen molar-refractivity contribution >= 4 is 15.9 Å². The van der Waals surface area contributed by atoms with E-state index in [4.69, 9.17) is 4.74 Å². The van der Waals surface area contributed by atoms with Crippen LogP contribution in [0.4, 0.5) is 0 Å². The highest BCUT2D eigenvalue weighted by Crippen LogP contribution is 2.27. The molecule has 1 aromatic heterocycles. The van der Waals surface area contributed by atoms with Crippen molar-refractivity contribution in [2.45, 2.75) is 26.9 Å². The molecule has 3 nitrogen and oxygen atoms in total. The third kappa shape index (κ3) is 1.80. The molecule has 0 aliphatic heterocycles. The van der Waals surface area contributed by atoms with Gasteiger partial charge in [-0.2, -0.15) is 0 Å². The van der Waals surface area contributed by atoms with Gasteiger partial charge in [0.1, 0.15) is 4.47 Å². The second-order valence-electron chi connectivity index (χ2n) is 2.99. The van der Waals surface area contributed by atoms with E-state index >= 15 is 0 Å². The fourth-order valence-corrected chi connectivity index (χ4v) is 1.28. The maximum atomic E-state index is 5.47. The van der Waals surface area contributed by atoms with E-state index < -0.39 is 0 Å². The number of rotatable bonds is 2. The number of aromatic nitrogens is 2. The van der Waals surface area contributed by atoms with E-state index in [0.717, 1.165) is 10.2 Å². The van der Waals surface area contributed by atoms with E-state index in [1.807, 2.05) is 27.8 Å². The normalized spacial score (nSPS) is 10.8. The molecule has 0 fully saturated rings. The van der Waals surface area contributed by atoms with Gasteiger partial charge >= 0.3 is 0 Å². The van der Waals surface area contributed by atoms with Gasteiger partial charge in [0, 0.05) is 7.05 Å². The summed E-state index contributed by atoms with van der Waals surface area (Å²) in [6.45, 7) is 5.96. The van der Waals surface area contributed by atoms with Crippen LogP contribution in [0.2, 0.25) is 0 Å². The first kappa shape index (κ1) is 9.58. The zero-order valence-corrected chi connectivity index (χ0v) is 9.34. The lowest BCUT2D eigenvalue weighted by atomic mass is 10.4. The van der Waals surface area contributed by atoms with Crippen molar-refractivity contribution in [3.05, 3.63) is 10.2 Å². The summed E-state index contributed by atoms with van der Waals surface area (Å²) in [6.07, 6.45) is 0.163. The fraction of sp³-hybridized carbons (Fsp3) is 0.625. The van der Waals surface area contributed by atoms with Gasteiger partial charge in [-0.3, -0.25) is 4.68 Å². The summed E-state index contributed by atoms with van der Waals surface area (Å²) < 4.78 is 8.20. The Morgan fingerprint density at radius 2 is 2.08 bits per heavy atom. The third-order valence-corrected chi connectivity index (χ3v) is 2.49. The summed E-state index contributed by atoms with van der Waals surface area (Å²) in [5, 5.41) is 4.20. The molecule has 4 heteroatoms. The lowest BCUT2D eigenvalue weighted by Gasteiger charge is -2.05. The van der Waals surface area contributed by atoms with Crippen molar-refractivity contribution in [1.82, 2.24) is 9.78 Å². The minimum absolute atomic E-state index is 0.163. The second-order valence-corrected chi connectivity index (χ2v) is 3.79. The first-order chi connectivity index (χ1) is 5.52. The number of ether oxygens (including phenoxy) is 1. The predicted molar refractivity (Wildman–Crippen MR) is 51.4 cm³/mol. The quantitative estimate of drug-likeness (QED) is 0.783. The van der Waals surface area contributed by atoms with Crippen LogP contribution in [-0.4, -0.2) is 15.9 Å². The van der Waals surface area contributed by atoms with Crippen molar-refractivity contribution in [2.75, 3.05) is 0 Å². The van der Waals surface area contributed by atoms with E-state index in [1.54, 1.807) is 4.68 Å². The molecule has 0 spiro atoms. The Kier molecular flexibility index (Phi) is 2.77. The number of hydrogen-bond acceptors (Lipinski definition) is 2. The van der Waals surface area contributed by atoms with Gasteiger partial charge < -0.3 is 4.74 Å². The van der Waals surface area contributed by atoms with Crippen molar-refractivity contribution < 1.29 is 4.74 Å². The van der Waals surface area contributed by atoms with Gasteiger partial charge in [-0.25, -0.2) is 0 Å². The molecule has 0 atom stereocenters. The average molecular weight is 233 g/mol. The summed E-state index contributed by atoms with van der Waals surface area (Å²) >= 11 is 3.42. The minimum Gasteiger partial charge on any atom is -0.473 e. The van der Waals surface area contributed by atoms with Crippen LogP contribution in [0, 0.1) is 6.92 Å². The topological polar surface area (TPSA) is 27.1 Å². The third-order valence-electron chi connectivity index (χ3n) is 1.58. The highest BCUT2D eigenvalue weighted by atomic mass is 79.9. The summed E-state index contributed by atoms with van der Waals surface area (Å²) in [6, 6.07) is 0. The average Bonchev–Trinajstić information content (AvgIpc) is 2.17. The van der Waals surface area contributed by atoms with Crippen molar-refractivity contribution in [3.8, 4) is 5.88 Å². The molecule has 0 saturated carbocycles. The monoisotopic (exact) mass is 232 g/mol. The molecule has 0 saturated heterocycles. The van der Waals surface area contributed by atoms with Crippen LogP contribution in [0.25, 0.3) is 0 Å². The first-order valence-corrected chi connectivity index (χ1v) is 4.67. The van der Waals surface area contributed by atoms with Crippen molar-refractivity contribution in [1.29, 1.82) is 0 Å². The van der Waals surface area contributed by atoms with E-state index in [9.17, 15) is 0 Å². The molecule has 1 heterocycles. The van der Waals surface area contributed by atoms with Gasteiger partial charge in [0.2, 0.25) is 5.88 Å². The predicted octanol–water partition coefficient (Wildman–Crippen LogP) is 2.28. The van der Waals surface area contributed by atoms with Gasteiger partial charge in [-0.05, 0) is 36.7 Å². The molecule has 0 aromatic carbocycles. The lowest BCUT2D eigenvalue weighted by molar-refractivity contribution is 0.229. The molecule has 1 aromatic rings. The summed E-state index contributed by atoms with van der Waals surface area (Å²) in [5.41, 5.74) is 1.07. The van der Waals surface area contributed by atoms with Gasteiger partial charge in [-0.1, -0.05) is 0 Å². The number of halogens is 1. The molecule has 68 valence electrons. The van der Waals surface area contributed by atoms with Crippen LogP contribution in [0.5, 0.6) is 5.88 Å². The van der Waals surface area contributed by atoms with E-state index in [2.05, 4.69) is 21.0 Å². The minimum atomic E-state index is 0.163. The molecule has 1 rings (SSSR count). The number of aryl methyl sites for hydroxylation is 1. The Morgan fingerprint density at radius 1 is 1.50 bits per heavy atom. The molecule has 0 bridgehead atoms. The Morgan fingerprint density at radius 3 is 2.42 bits per heavy atom. The van der Waals surface area contributed by atoms with Crippen LogP contribution >= 0.6 is 15.9 Å². The molecule has 0 N–H and O–H groups in total. The van der Waals surface area contributed by atoms with Crippen molar-refractivity contribution in [2.24, 2.45) is 7.05 Å². The fourth-order valence-electron chi connectivity index (χ4n) is 0.851. The van der Waals surface area contributed by atoms with Crippen LogP contribution in [0.1, 0.15) is 19.5 Å². The van der Waals surface area contributed by atoms with Gasteiger partial charge in [0.15, 0.2) is 0 Å². The molecule has 0 unspecified atom stereocenters. The zero-order valence-electron chi connectivity index (χ0n) is 7.76. The second kappa shape index (κ2) is 3.47. The Labute approximate surface area is 80.8 Å². The van der Waals surface area contributed by atoms with Crippen molar-refractivity contribution in [3.63, 3.8) is 0 Å². The highest BCUT2D eigenvalue weighted by molar-refractivity contribution is 9.10. The standard InChI is InChI=1S/C8H13BrN2O/c1-5(2)12-8-7(9)6(3)11(4)10-8/h5H,1-4H3. The molecule has 0 aliphatic rings. The maximum Gasteiger partial charge on any atom is 0.247 e. The smallest absolute Gasteiger partial charge is 0.247 e. The van der Waals surface area contributed by atoms with Crippen LogP contribution in [-0.2, 0) is 7.05 Å². The number of hydrogen-bond donors (Lipinski definition) is 0. The van der Waals surface area contributed by atoms with E-state index in [0.29, 0.717) is 5.88 Å². The SMILES string of the molecule is Cc1c(Br)c(OC(C)C)nn1C. The van der Waals surface area contributed by atoms with Gasteiger partial charge in [0.25, 0.3) is 0 Å². The van der Waals surface area contributed by atoms with Crippen LogP contribution in [0.15, 0.2) is 4.47 Å². The molecular formula is C8H13BrN2O. The summed E-state index contributed by atoms with van der Waals surface area (Å²) in [5.74, 6) is 0.671. The Hall–Kier alpha value is -0.510. The zero-order chi connectivity index (χ0) is 9.30. The van der Waals surface area contributed by atoms with Crippen LogP contribution in [0.3, 0.4) is 0 Å². The van der Waals surface area contributed by atoms with Crippen LogP contribution < -0.4 is 4.74 Å². The first-order valence-electron chi connectivity index (χ1n) is 3.88. The van der Waals surface area contributed by atoms with Gasteiger partial charge in [0.05, 0.1) is 11.8 Å². The van der Waals surface area contributed by atoms with E-state index in [-0.39, 0.29) is 6.10 Å². The van der Waals surface area contributed by atoms with Gasteiger partial charge in [-0.15, -0.1) is 5.10 Å². The highest BCUT2D eigenvalue weighted by Gasteiger charge is 2.11. The number of nitrogens with zero attached hydrogens (tertiary/aromatic N) is 2. The molecule has 0 aliphatic carbocycles. The molecule has 0 amide bonds. The largest absolute Gasteiger partial charge is 0.473 e.